The third-order valence-electron chi connectivity index (χ3n) is 3.73. The van der Waals surface area contributed by atoms with Gasteiger partial charge < -0.3 is 9.80 Å². The normalized spacial score (nSPS) is 10.4. The average Bonchev–Trinajstić information content (AvgIpc) is 2.55. The first-order valence-electron chi connectivity index (χ1n) is 7.61. The Morgan fingerprint density at radius 2 is 1.48 bits per heavy atom. The number of thioether (sulfide) groups is 1. The van der Waals surface area contributed by atoms with Crippen LogP contribution in [0, 0.1) is 0 Å². The molecule has 0 saturated heterocycles. The fourth-order valence-corrected chi connectivity index (χ4v) is 2.90. The Bertz CT molecular complexity index is 635. The van der Waals surface area contributed by atoms with E-state index in [0.717, 1.165) is 22.6 Å². The van der Waals surface area contributed by atoms with Crippen molar-refractivity contribution < 1.29 is 4.79 Å². The number of benzene rings is 2. The van der Waals surface area contributed by atoms with Crippen LogP contribution < -0.4 is 4.90 Å². The molecule has 2 aromatic rings. The smallest absolute Gasteiger partial charge is 0.253 e. The predicted molar refractivity (Wildman–Crippen MR) is 100 cm³/mol. The number of hydrogen-bond acceptors (Lipinski definition) is 3. The van der Waals surface area contributed by atoms with E-state index in [1.165, 1.54) is 5.56 Å². The van der Waals surface area contributed by atoms with E-state index in [1.807, 2.05) is 45.4 Å². The summed E-state index contributed by atoms with van der Waals surface area (Å²) in [7, 11) is 5.88. The number of hydrogen-bond donors (Lipinski definition) is 0. The van der Waals surface area contributed by atoms with Gasteiger partial charge in [-0.3, -0.25) is 4.79 Å². The highest BCUT2D eigenvalue weighted by atomic mass is 32.2. The second-order valence-corrected chi connectivity index (χ2v) is 6.72. The Morgan fingerprint density at radius 3 is 2.00 bits per heavy atom. The lowest BCUT2D eigenvalue weighted by molar-refractivity contribution is 0.0785. The maximum absolute atomic E-state index is 12.5. The summed E-state index contributed by atoms with van der Waals surface area (Å²) in [6.45, 7) is 0.610. The first-order chi connectivity index (χ1) is 11.0. The Labute approximate surface area is 143 Å². The van der Waals surface area contributed by atoms with E-state index in [0.29, 0.717) is 6.54 Å². The number of amides is 1. The van der Waals surface area contributed by atoms with Crippen LogP contribution in [-0.2, 0) is 12.3 Å². The molecular weight excluding hydrogens is 304 g/mol. The molecular formula is C19H24N2OS. The van der Waals surface area contributed by atoms with Gasteiger partial charge in [-0.15, -0.1) is 0 Å². The molecule has 0 radical (unpaired) electrons. The first kappa shape index (κ1) is 17.4. The van der Waals surface area contributed by atoms with Gasteiger partial charge >= 0.3 is 0 Å². The average molecular weight is 328 g/mol. The van der Waals surface area contributed by atoms with Crippen molar-refractivity contribution >= 4 is 23.4 Å². The Balaban J connectivity index is 2.01. The van der Waals surface area contributed by atoms with Crippen LogP contribution in [0.3, 0.4) is 0 Å². The lowest BCUT2D eigenvalue weighted by atomic mass is 10.1. The Kier molecular flexibility index (Phi) is 6.11. The molecule has 23 heavy (non-hydrogen) atoms. The summed E-state index contributed by atoms with van der Waals surface area (Å²) in [5.41, 5.74) is 4.27. The van der Waals surface area contributed by atoms with E-state index >= 15 is 0 Å². The third kappa shape index (κ3) is 4.76. The minimum atomic E-state index is 0.0531. The standard InChI is InChI=1S/C19H24N2OS/c1-20(2)18-11-7-15(8-12-18)13-21(3)19(22)17-9-5-16(6-10-17)14-23-4/h5-12H,13-14H2,1-4H3. The SMILES string of the molecule is CSCc1ccc(C(=O)N(C)Cc2ccc(N(C)C)cc2)cc1. The summed E-state index contributed by atoms with van der Waals surface area (Å²) in [6, 6.07) is 16.2. The van der Waals surface area contributed by atoms with E-state index in [-0.39, 0.29) is 5.91 Å². The number of nitrogens with zero attached hydrogens (tertiary/aromatic N) is 2. The topological polar surface area (TPSA) is 23.6 Å². The van der Waals surface area contributed by atoms with Crippen molar-refractivity contribution in [3.63, 3.8) is 0 Å². The quantitative estimate of drug-likeness (QED) is 0.804. The predicted octanol–water partition coefficient (Wildman–Crippen LogP) is 3.89. The van der Waals surface area contributed by atoms with Crippen molar-refractivity contribution in [2.45, 2.75) is 12.3 Å². The van der Waals surface area contributed by atoms with E-state index in [4.69, 9.17) is 0 Å². The number of anilines is 1. The maximum Gasteiger partial charge on any atom is 0.253 e. The molecule has 4 heteroatoms. The molecule has 0 atom stereocenters. The van der Waals surface area contributed by atoms with Crippen molar-refractivity contribution in [3.8, 4) is 0 Å². The molecule has 0 aromatic heterocycles. The lowest BCUT2D eigenvalue weighted by Gasteiger charge is -2.18. The van der Waals surface area contributed by atoms with Gasteiger partial charge in [0.25, 0.3) is 5.91 Å². The Morgan fingerprint density at radius 1 is 0.913 bits per heavy atom. The molecule has 0 N–H and O–H groups in total. The molecule has 0 bridgehead atoms. The summed E-state index contributed by atoms with van der Waals surface area (Å²) in [5.74, 6) is 1.03. The van der Waals surface area contributed by atoms with Gasteiger partial charge in [0.05, 0.1) is 0 Å². The molecule has 0 saturated carbocycles. The number of carbonyl (C=O) groups is 1. The molecule has 0 heterocycles. The maximum atomic E-state index is 12.5. The highest BCUT2D eigenvalue weighted by Crippen LogP contribution is 2.15. The zero-order valence-electron chi connectivity index (χ0n) is 14.2. The first-order valence-corrected chi connectivity index (χ1v) is 9.00. The van der Waals surface area contributed by atoms with E-state index < -0.39 is 0 Å². The van der Waals surface area contributed by atoms with Crippen LogP contribution in [0.5, 0.6) is 0 Å². The van der Waals surface area contributed by atoms with Crippen LogP contribution in [-0.4, -0.2) is 38.2 Å². The molecule has 0 aliphatic rings. The molecule has 2 aromatic carbocycles. The second kappa shape index (κ2) is 8.06. The van der Waals surface area contributed by atoms with Crippen LogP contribution in [0.15, 0.2) is 48.5 Å². The zero-order chi connectivity index (χ0) is 16.8. The van der Waals surface area contributed by atoms with Crippen molar-refractivity contribution in [1.29, 1.82) is 0 Å². The lowest BCUT2D eigenvalue weighted by Crippen LogP contribution is -2.26. The molecule has 0 aliphatic heterocycles. The van der Waals surface area contributed by atoms with Crippen LogP contribution >= 0.6 is 11.8 Å². The van der Waals surface area contributed by atoms with Gasteiger partial charge in [-0.1, -0.05) is 24.3 Å². The van der Waals surface area contributed by atoms with E-state index in [9.17, 15) is 4.79 Å². The zero-order valence-corrected chi connectivity index (χ0v) is 15.1. The van der Waals surface area contributed by atoms with Crippen molar-refractivity contribution in [1.82, 2.24) is 4.90 Å². The number of carbonyl (C=O) groups excluding carboxylic acids is 1. The minimum Gasteiger partial charge on any atom is -0.378 e. The van der Waals surface area contributed by atoms with Crippen LogP contribution in [0.1, 0.15) is 21.5 Å². The summed E-state index contributed by atoms with van der Waals surface area (Å²) >= 11 is 1.78. The van der Waals surface area contributed by atoms with Crippen LogP contribution in [0.2, 0.25) is 0 Å². The molecule has 1 amide bonds. The van der Waals surface area contributed by atoms with Crippen molar-refractivity contribution in [2.24, 2.45) is 0 Å². The fraction of sp³-hybridized carbons (Fsp3) is 0.316. The van der Waals surface area contributed by atoms with Crippen LogP contribution in [0.4, 0.5) is 5.69 Å². The van der Waals surface area contributed by atoms with Crippen molar-refractivity contribution in [2.75, 3.05) is 32.3 Å². The molecule has 0 unspecified atom stereocenters. The molecule has 0 fully saturated rings. The van der Waals surface area contributed by atoms with E-state index in [1.54, 1.807) is 16.7 Å². The molecule has 0 aliphatic carbocycles. The summed E-state index contributed by atoms with van der Waals surface area (Å²) in [6.07, 6.45) is 2.08. The van der Waals surface area contributed by atoms with Crippen LogP contribution in [0.25, 0.3) is 0 Å². The van der Waals surface area contributed by atoms with E-state index in [2.05, 4.69) is 35.4 Å². The molecule has 122 valence electrons. The summed E-state index contributed by atoms with van der Waals surface area (Å²) in [5, 5.41) is 0. The second-order valence-electron chi connectivity index (χ2n) is 5.85. The van der Waals surface area contributed by atoms with Gasteiger partial charge in [0.1, 0.15) is 0 Å². The minimum absolute atomic E-state index is 0.0531. The fourth-order valence-electron chi connectivity index (χ4n) is 2.38. The largest absolute Gasteiger partial charge is 0.378 e. The summed E-state index contributed by atoms with van der Waals surface area (Å²) in [4.78, 5) is 16.3. The highest BCUT2D eigenvalue weighted by Gasteiger charge is 2.12. The van der Waals surface area contributed by atoms with Gasteiger partial charge in [-0.2, -0.15) is 11.8 Å². The van der Waals surface area contributed by atoms with Gasteiger partial charge in [0.2, 0.25) is 0 Å². The Hall–Kier alpha value is -1.94. The monoisotopic (exact) mass is 328 g/mol. The van der Waals surface area contributed by atoms with Gasteiger partial charge in [-0.05, 0) is 41.6 Å². The molecule has 3 nitrogen and oxygen atoms in total. The number of rotatable bonds is 6. The molecule has 0 spiro atoms. The van der Waals surface area contributed by atoms with Crippen molar-refractivity contribution in [3.05, 3.63) is 65.2 Å². The third-order valence-corrected chi connectivity index (χ3v) is 4.35. The van der Waals surface area contributed by atoms with Gasteiger partial charge in [-0.25, -0.2) is 0 Å². The van der Waals surface area contributed by atoms with Gasteiger partial charge in [0, 0.05) is 44.7 Å². The molecule has 2 rings (SSSR count). The van der Waals surface area contributed by atoms with Gasteiger partial charge in [0.15, 0.2) is 0 Å². The highest BCUT2D eigenvalue weighted by molar-refractivity contribution is 7.97. The summed E-state index contributed by atoms with van der Waals surface area (Å²) < 4.78 is 0.